The first-order valence-electron chi connectivity index (χ1n) is 6.80. The quantitative estimate of drug-likeness (QED) is 0.617. The van der Waals surface area contributed by atoms with Gasteiger partial charge in [0.1, 0.15) is 0 Å². The second-order valence-electron chi connectivity index (χ2n) is 4.88. The van der Waals surface area contributed by atoms with Gasteiger partial charge in [0.05, 0.1) is 11.9 Å². The largest absolute Gasteiger partial charge is 0.297 e. The number of carbonyl (C=O) groups is 1. The molecule has 0 aliphatic heterocycles. The van der Waals surface area contributed by atoms with Crippen molar-refractivity contribution >= 4 is 29.3 Å². The number of halogens is 1. The average Bonchev–Trinajstić information content (AvgIpc) is 2.53. The number of carbonyl (C=O) groups excluding carboxylic acids is 1. The van der Waals surface area contributed by atoms with Gasteiger partial charge in [0, 0.05) is 4.90 Å². The fourth-order valence-electron chi connectivity index (χ4n) is 1.91. The molecule has 2 rings (SSSR count). The molecule has 0 saturated heterocycles. The fourth-order valence-corrected chi connectivity index (χ4v) is 2.86. The average molecular weight is 320 g/mol. The van der Waals surface area contributed by atoms with Gasteiger partial charge >= 0.3 is 0 Å². The molecule has 0 aromatic heterocycles. The van der Waals surface area contributed by atoms with E-state index < -0.39 is 0 Å². The third-order valence-corrected chi connectivity index (χ3v) is 4.32. The number of nitrogens with one attached hydrogen (secondary N) is 1. The van der Waals surface area contributed by atoms with Crippen molar-refractivity contribution in [1.29, 1.82) is 0 Å². The number of hydrogen-bond acceptors (Lipinski definition) is 3. The van der Waals surface area contributed by atoms with E-state index in [9.17, 15) is 4.79 Å². The Kier molecular flexibility index (Phi) is 6.30. The van der Waals surface area contributed by atoms with Crippen molar-refractivity contribution in [3.05, 3.63) is 65.7 Å². The Bertz CT molecular complexity index is 571. The van der Waals surface area contributed by atoms with Crippen LogP contribution in [0.1, 0.15) is 11.1 Å². The number of alkyl halides is 1. The zero-order valence-electron chi connectivity index (χ0n) is 11.9. The number of ketones is 1. The Morgan fingerprint density at radius 2 is 1.81 bits per heavy atom. The highest BCUT2D eigenvalue weighted by Gasteiger charge is 2.17. The SMILES string of the molecule is Cc1ccc(SNC(Cc2ccccc2)C(=O)CCl)cc1. The smallest absolute Gasteiger partial charge is 0.165 e. The van der Waals surface area contributed by atoms with E-state index in [1.807, 2.05) is 42.5 Å². The molecule has 2 aromatic rings. The first-order chi connectivity index (χ1) is 10.2. The van der Waals surface area contributed by atoms with Gasteiger partial charge in [-0.3, -0.25) is 4.79 Å². The van der Waals surface area contributed by atoms with Gasteiger partial charge in [0.15, 0.2) is 5.78 Å². The van der Waals surface area contributed by atoms with Crippen LogP contribution in [0, 0.1) is 6.92 Å². The lowest BCUT2D eigenvalue weighted by Gasteiger charge is -2.16. The van der Waals surface area contributed by atoms with E-state index in [1.54, 1.807) is 0 Å². The lowest BCUT2D eigenvalue weighted by Crippen LogP contribution is -2.35. The summed E-state index contributed by atoms with van der Waals surface area (Å²) >= 11 is 7.19. The maximum atomic E-state index is 12.0. The highest BCUT2D eigenvalue weighted by molar-refractivity contribution is 7.97. The summed E-state index contributed by atoms with van der Waals surface area (Å²) in [5, 5.41) is 0. The maximum absolute atomic E-state index is 12.0. The second kappa shape index (κ2) is 8.23. The predicted molar refractivity (Wildman–Crippen MR) is 89.8 cm³/mol. The van der Waals surface area contributed by atoms with Gasteiger partial charge in [-0.15, -0.1) is 11.6 Å². The number of hydrogen-bond donors (Lipinski definition) is 1. The zero-order valence-corrected chi connectivity index (χ0v) is 13.5. The molecule has 1 unspecified atom stereocenters. The summed E-state index contributed by atoms with van der Waals surface area (Å²) in [5.41, 5.74) is 2.34. The van der Waals surface area contributed by atoms with Crippen LogP contribution in [-0.4, -0.2) is 17.7 Å². The van der Waals surface area contributed by atoms with Crippen LogP contribution in [0.5, 0.6) is 0 Å². The number of aryl methyl sites for hydroxylation is 1. The van der Waals surface area contributed by atoms with Gasteiger partial charge in [-0.25, -0.2) is 4.72 Å². The third-order valence-electron chi connectivity index (χ3n) is 3.14. The van der Waals surface area contributed by atoms with Crippen molar-refractivity contribution in [1.82, 2.24) is 4.72 Å². The van der Waals surface area contributed by atoms with Crippen molar-refractivity contribution in [2.24, 2.45) is 0 Å². The normalized spacial score (nSPS) is 12.1. The fraction of sp³-hybridized carbons (Fsp3) is 0.235. The lowest BCUT2D eigenvalue weighted by atomic mass is 10.0. The molecule has 0 heterocycles. The van der Waals surface area contributed by atoms with Crippen LogP contribution < -0.4 is 4.72 Å². The van der Waals surface area contributed by atoms with E-state index in [2.05, 4.69) is 23.8 Å². The van der Waals surface area contributed by atoms with Crippen molar-refractivity contribution in [2.75, 3.05) is 5.88 Å². The van der Waals surface area contributed by atoms with Gasteiger partial charge in [-0.1, -0.05) is 48.0 Å². The highest BCUT2D eigenvalue weighted by Crippen LogP contribution is 2.17. The predicted octanol–water partition coefficient (Wildman–Crippen LogP) is 4.01. The van der Waals surface area contributed by atoms with Gasteiger partial charge in [0.2, 0.25) is 0 Å². The van der Waals surface area contributed by atoms with E-state index in [4.69, 9.17) is 11.6 Å². The van der Waals surface area contributed by atoms with Crippen molar-refractivity contribution < 1.29 is 4.79 Å². The van der Waals surface area contributed by atoms with Gasteiger partial charge in [0.25, 0.3) is 0 Å². The molecule has 21 heavy (non-hydrogen) atoms. The summed E-state index contributed by atoms with van der Waals surface area (Å²) in [4.78, 5) is 13.1. The van der Waals surface area contributed by atoms with E-state index in [0.717, 1.165) is 10.5 Å². The molecule has 2 aromatic carbocycles. The van der Waals surface area contributed by atoms with Crippen LogP contribution in [0.2, 0.25) is 0 Å². The van der Waals surface area contributed by atoms with E-state index >= 15 is 0 Å². The number of Topliss-reactive ketones (excluding diaryl/α,β-unsaturated/α-hetero) is 1. The molecule has 0 aliphatic rings. The molecule has 0 spiro atoms. The minimum absolute atomic E-state index is 0.0140. The molecule has 0 aliphatic carbocycles. The van der Waals surface area contributed by atoms with Crippen molar-refractivity contribution in [3.8, 4) is 0 Å². The lowest BCUT2D eigenvalue weighted by molar-refractivity contribution is -0.118. The molecule has 1 N–H and O–H groups in total. The van der Waals surface area contributed by atoms with Crippen LogP contribution >= 0.6 is 23.5 Å². The Labute approximate surface area is 135 Å². The molecule has 110 valence electrons. The zero-order chi connectivity index (χ0) is 15.1. The highest BCUT2D eigenvalue weighted by atomic mass is 35.5. The van der Waals surface area contributed by atoms with E-state index in [-0.39, 0.29) is 17.7 Å². The van der Waals surface area contributed by atoms with E-state index in [1.165, 1.54) is 17.5 Å². The van der Waals surface area contributed by atoms with Gasteiger partial charge in [-0.2, -0.15) is 0 Å². The van der Waals surface area contributed by atoms with Crippen molar-refractivity contribution in [3.63, 3.8) is 0 Å². The molecule has 0 fully saturated rings. The molecular weight excluding hydrogens is 302 g/mol. The summed E-state index contributed by atoms with van der Waals surface area (Å²) in [6, 6.07) is 17.9. The minimum atomic E-state index is -0.281. The number of benzene rings is 2. The summed E-state index contributed by atoms with van der Waals surface area (Å²) in [5.74, 6) is 0.0408. The van der Waals surface area contributed by atoms with Crippen molar-refractivity contribution in [2.45, 2.75) is 24.3 Å². The molecule has 1 atom stereocenters. The van der Waals surface area contributed by atoms with Crippen LogP contribution in [0.25, 0.3) is 0 Å². The molecule has 0 saturated carbocycles. The molecular formula is C17H18ClNOS. The third kappa shape index (κ3) is 5.20. The molecule has 4 heteroatoms. The Morgan fingerprint density at radius 3 is 2.43 bits per heavy atom. The summed E-state index contributed by atoms with van der Waals surface area (Å²) in [6.07, 6.45) is 0.644. The molecule has 0 amide bonds. The first-order valence-corrected chi connectivity index (χ1v) is 8.16. The van der Waals surface area contributed by atoms with Gasteiger partial charge < -0.3 is 0 Å². The monoisotopic (exact) mass is 319 g/mol. The summed E-state index contributed by atoms with van der Waals surface area (Å²) in [7, 11) is 0. The molecule has 0 bridgehead atoms. The van der Waals surface area contributed by atoms with Crippen LogP contribution in [0.4, 0.5) is 0 Å². The second-order valence-corrected chi connectivity index (χ2v) is 6.05. The summed E-state index contributed by atoms with van der Waals surface area (Å²) < 4.78 is 3.24. The standard InChI is InChI=1S/C17H18ClNOS/c1-13-7-9-15(10-8-13)21-19-16(17(20)12-18)11-14-5-3-2-4-6-14/h2-10,16,19H,11-12H2,1H3. The molecule has 0 radical (unpaired) electrons. The first kappa shape index (κ1) is 16.1. The summed E-state index contributed by atoms with van der Waals surface area (Å²) in [6.45, 7) is 2.05. The molecule has 2 nitrogen and oxygen atoms in total. The Hall–Kier alpha value is -1.29. The minimum Gasteiger partial charge on any atom is -0.297 e. The van der Waals surface area contributed by atoms with Crippen LogP contribution in [0.3, 0.4) is 0 Å². The van der Waals surface area contributed by atoms with Crippen LogP contribution in [0.15, 0.2) is 59.5 Å². The van der Waals surface area contributed by atoms with Crippen LogP contribution in [-0.2, 0) is 11.2 Å². The Balaban J connectivity index is 1.99. The van der Waals surface area contributed by atoms with E-state index in [0.29, 0.717) is 6.42 Å². The topological polar surface area (TPSA) is 29.1 Å². The Morgan fingerprint density at radius 1 is 1.14 bits per heavy atom. The maximum Gasteiger partial charge on any atom is 0.165 e. The number of rotatable bonds is 7. The van der Waals surface area contributed by atoms with Gasteiger partial charge in [-0.05, 0) is 43.0 Å².